The zero-order valence-corrected chi connectivity index (χ0v) is 15.3. The quantitative estimate of drug-likeness (QED) is 0.673. The first-order valence-electron chi connectivity index (χ1n) is 9.53. The second kappa shape index (κ2) is 6.75. The van der Waals surface area contributed by atoms with Gasteiger partial charge in [0.05, 0.1) is 0 Å². The molecule has 0 bridgehead atoms. The molecule has 3 heteroatoms. The maximum absolute atomic E-state index is 6.37. The zero-order chi connectivity index (χ0) is 18.1. The number of hydrogen-bond acceptors (Lipinski definition) is 3. The van der Waals surface area contributed by atoms with E-state index in [9.17, 15) is 0 Å². The first kappa shape index (κ1) is 16.4. The molecule has 0 saturated carbocycles. The van der Waals surface area contributed by atoms with E-state index in [-0.39, 0.29) is 5.60 Å². The van der Waals surface area contributed by atoms with Crippen molar-refractivity contribution in [3.8, 4) is 11.5 Å². The van der Waals surface area contributed by atoms with Crippen LogP contribution in [0.25, 0.3) is 0 Å². The third-order valence-electron chi connectivity index (χ3n) is 5.40. The van der Waals surface area contributed by atoms with Crippen molar-refractivity contribution in [2.75, 3.05) is 13.1 Å². The second-order valence-electron chi connectivity index (χ2n) is 7.64. The van der Waals surface area contributed by atoms with Crippen LogP contribution in [0.15, 0.2) is 78.9 Å². The molecule has 2 aliphatic rings. The highest BCUT2D eigenvalue weighted by molar-refractivity contribution is 5.46. The molecule has 1 spiro atoms. The highest BCUT2D eigenvalue weighted by atomic mass is 16.5. The van der Waals surface area contributed by atoms with Gasteiger partial charge in [-0.3, -0.25) is 4.90 Å². The Balaban J connectivity index is 1.20. The molecule has 0 amide bonds. The normalized spacial score (nSPS) is 17.2. The molecule has 2 aliphatic heterocycles. The van der Waals surface area contributed by atoms with Crippen molar-refractivity contribution >= 4 is 0 Å². The average molecular weight is 357 g/mol. The molecule has 0 N–H and O–H groups in total. The Hall–Kier alpha value is -2.78. The van der Waals surface area contributed by atoms with E-state index in [1.165, 1.54) is 16.7 Å². The Labute approximate surface area is 160 Å². The maximum atomic E-state index is 6.37. The molecular weight excluding hydrogens is 334 g/mol. The predicted octanol–water partition coefficient (Wildman–Crippen LogP) is 4.46. The summed E-state index contributed by atoms with van der Waals surface area (Å²) in [5.41, 5.74) is 3.78. The summed E-state index contributed by atoms with van der Waals surface area (Å²) in [6.07, 6.45) is 0.993. The number of ether oxygens (including phenoxy) is 2. The van der Waals surface area contributed by atoms with Crippen LogP contribution in [0.5, 0.6) is 11.5 Å². The number of benzene rings is 3. The molecular formula is C24H23NO2. The first-order valence-corrected chi connectivity index (χ1v) is 9.53. The van der Waals surface area contributed by atoms with Crippen LogP contribution in [0.2, 0.25) is 0 Å². The van der Waals surface area contributed by atoms with Crippen molar-refractivity contribution in [3.05, 3.63) is 95.6 Å². The van der Waals surface area contributed by atoms with E-state index in [1.54, 1.807) is 0 Å². The highest BCUT2D eigenvalue weighted by Gasteiger charge is 2.49. The average Bonchev–Trinajstić information content (AvgIpc) is 3.06. The van der Waals surface area contributed by atoms with Crippen LogP contribution in [-0.4, -0.2) is 23.6 Å². The third kappa shape index (κ3) is 3.43. The summed E-state index contributed by atoms with van der Waals surface area (Å²) in [4.78, 5) is 2.45. The molecule has 3 aromatic rings. The van der Waals surface area contributed by atoms with E-state index in [0.717, 1.165) is 37.6 Å². The summed E-state index contributed by atoms with van der Waals surface area (Å²) in [5.74, 6) is 1.86. The monoisotopic (exact) mass is 357 g/mol. The van der Waals surface area contributed by atoms with Gasteiger partial charge in [-0.25, -0.2) is 0 Å². The van der Waals surface area contributed by atoms with Crippen LogP contribution in [0.3, 0.4) is 0 Å². The molecule has 1 saturated heterocycles. The lowest BCUT2D eigenvalue weighted by molar-refractivity contribution is -0.0665. The molecule has 136 valence electrons. The van der Waals surface area contributed by atoms with Crippen molar-refractivity contribution in [2.45, 2.75) is 25.2 Å². The number of fused-ring (bicyclic) bond motifs is 1. The Morgan fingerprint density at radius 3 is 2.30 bits per heavy atom. The number of nitrogens with zero attached hydrogens (tertiary/aromatic N) is 1. The van der Waals surface area contributed by atoms with Gasteiger partial charge in [0.15, 0.2) is 0 Å². The van der Waals surface area contributed by atoms with Crippen LogP contribution in [0.4, 0.5) is 0 Å². The molecule has 0 unspecified atom stereocenters. The maximum Gasteiger partial charge on any atom is 0.138 e. The number of rotatable bonds is 5. The molecule has 0 aliphatic carbocycles. The lowest BCUT2D eigenvalue weighted by atomic mass is 9.88. The molecule has 1 fully saturated rings. The van der Waals surface area contributed by atoms with Gasteiger partial charge in [0.25, 0.3) is 0 Å². The van der Waals surface area contributed by atoms with E-state index >= 15 is 0 Å². The molecule has 2 heterocycles. The molecule has 3 nitrogen and oxygen atoms in total. The zero-order valence-electron chi connectivity index (χ0n) is 15.3. The van der Waals surface area contributed by atoms with Gasteiger partial charge in [-0.05, 0) is 22.8 Å². The fourth-order valence-electron chi connectivity index (χ4n) is 4.12. The number of hydrogen-bond donors (Lipinski definition) is 0. The number of likely N-dealkylation sites (tertiary alicyclic amines) is 1. The lowest BCUT2D eigenvalue weighted by Crippen LogP contribution is -2.63. The Kier molecular flexibility index (Phi) is 4.10. The van der Waals surface area contributed by atoms with Crippen LogP contribution >= 0.6 is 0 Å². The van der Waals surface area contributed by atoms with E-state index in [0.29, 0.717) is 6.61 Å². The van der Waals surface area contributed by atoms with Crippen LogP contribution in [0.1, 0.15) is 16.7 Å². The molecule has 5 rings (SSSR count). The fourth-order valence-corrected chi connectivity index (χ4v) is 4.12. The summed E-state index contributed by atoms with van der Waals surface area (Å²) in [6, 6.07) is 27.1. The predicted molar refractivity (Wildman–Crippen MR) is 106 cm³/mol. The van der Waals surface area contributed by atoms with Gasteiger partial charge in [-0.2, -0.15) is 0 Å². The van der Waals surface area contributed by atoms with Crippen LogP contribution < -0.4 is 9.47 Å². The lowest BCUT2D eigenvalue weighted by Gasteiger charge is -2.47. The van der Waals surface area contributed by atoms with Gasteiger partial charge in [-0.15, -0.1) is 0 Å². The standard InChI is InChI=1S/C24H23NO2/c1-3-7-19(8-4-1)15-25-17-24(18-25)14-21-11-12-22(13-23(21)27-24)26-16-20-9-5-2-6-10-20/h1-13H,14-18H2. The molecule has 27 heavy (non-hydrogen) atoms. The largest absolute Gasteiger partial charge is 0.489 e. The Morgan fingerprint density at radius 1 is 0.852 bits per heavy atom. The molecule has 3 aromatic carbocycles. The van der Waals surface area contributed by atoms with Gasteiger partial charge >= 0.3 is 0 Å². The summed E-state index contributed by atoms with van der Waals surface area (Å²) in [5, 5.41) is 0. The smallest absolute Gasteiger partial charge is 0.138 e. The summed E-state index contributed by atoms with van der Waals surface area (Å²) < 4.78 is 12.3. The first-order chi connectivity index (χ1) is 13.3. The third-order valence-corrected chi connectivity index (χ3v) is 5.40. The van der Waals surface area contributed by atoms with Crippen molar-refractivity contribution in [1.29, 1.82) is 0 Å². The molecule has 0 radical (unpaired) electrons. The minimum absolute atomic E-state index is 0.0465. The van der Waals surface area contributed by atoms with Crippen LogP contribution in [0, 0.1) is 0 Å². The Morgan fingerprint density at radius 2 is 1.56 bits per heavy atom. The van der Waals surface area contributed by atoms with Gasteiger partial charge < -0.3 is 9.47 Å². The van der Waals surface area contributed by atoms with E-state index in [1.807, 2.05) is 24.3 Å². The van der Waals surface area contributed by atoms with Crippen LogP contribution in [-0.2, 0) is 19.6 Å². The van der Waals surface area contributed by atoms with Crippen molar-refractivity contribution in [3.63, 3.8) is 0 Å². The summed E-state index contributed by atoms with van der Waals surface area (Å²) >= 11 is 0. The summed E-state index contributed by atoms with van der Waals surface area (Å²) in [6.45, 7) is 3.54. The van der Waals surface area contributed by atoms with E-state index in [4.69, 9.17) is 9.47 Å². The van der Waals surface area contributed by atoms with Crippen molar-refractivity contribution in [2.24, 2.45) is 0 Å². The SMILES string of the molecule is c1ccc(COc2ccc3c(c2)OC2(C3)CN(Cc3ccccc3)C2)cc1. The second-order valence-corrected chi connectivity index (χ2v) is 7.64. The summed E-state index contributed by atoms with van der Waals surface area (Å²) in [7, 11) is 0. The van der Waals surface area contributed by atoms with Crippen molar-refractivity contribution < 1.29 is 9.47 Å². The van der Waals surface area contributed by atoms with Crippen molar-refractivity contribution in [1.82, 2.24) is 4.90 Å². The van der Waals surface area contributed by atoms with Gasteiger partial charge in [0.1, 0.15) is 23.7 Å². The minimum atomic E-state index is -0.0465. The topological polar surface area (TPSA) is 21.7 Å². The van der Waals surface area contributed by atoms with Gasteiger partial charge in [-0.1, -0.05) is 66.7 Å². The van der Waals surface area contributed by atoms with Gasteiger partial charge in [0, 0.05) is 32.1 Å². The van der Waals surface area contributed by atoms with E-state index < -0.39 is 0 Å². The molecule has 0 aromatic heterocycles. The highest BCUT2D eigenvalue weighted by Crippen LogP contribution is 2.42. The Bertz CT molecular complexity index is 918. The minimum Gasteiger partial charge on any atom is -0.489 e. The van der Waals surface area contributed by atoms with Gasteiger partial charge in [0.2, 0.25) is 0 Å². The van der Waals surface area contributed by atoms with E-state index in [2.05, 4.69) is 59.5 Å². The fraction of sp³-hybridized carbons (Fsp3) is 0.250. The molecule has 0 atom stereocenters.